The van der Waals surface area contributed by atoms with E-state index >= 15 is 0 Å². The van der Waals surface area contributed by atoms with Gasteiger partial charge < -0.3 is 10.1 Å². The molecule has 3 nitrogen and oxygen atoms in total. The lowest BCUT2D eigenvalue weighted by Crippen LogP contribution is -2.37. The van der Waals surface area contributed by atoms with Gasteiger partial charge in [0.05, 0.1) is 7.11 Å². The number of nitrogens with one attached hydrogen (secondary N) is 1. The van der Waals surface area contributed by atoms with Crippen LogP contribution in [0.1, 0.15) is 12.8 Å². The van der Waals surface area contributed by atoms with Crippen molar-refractivity contribution in [2.24, 2.45) is 17.8 Å². The smallest absolute Gasteiger partial charge is 0.305 e. The van der Waals surface area contributed by atoms with E-state index in [9.17, 15) is 4.79 Å². The van der Waals surface area contributed by atoms with E-state index in [1.54, 1.807) is 0 Å². The Hall–Kier alpha value is -0.280. The highest BCUT2D eigenvalue weighted by atomic mass is 35.5. The van der Waals surface area contributed by atoms with Crippen molar-refractivity contribution in [3.05, 3.63) is 0 Å². The lowest BCUT2D eigenvalue weighted by molar-refractivity contribution is -0.143. The normalized spacial score (nSPS) is 35.6. The Morgan fingerprint density at radius 1 is 1.54 bits per heavy atom. The van der Waals surface area contributed by atoms with E-state index in [-0.39, 0.29) is 18.4 Å². The van der Waals surface area contributed by atoms with Gasteiger partial charge in [0.1, 0.15) is 0 Å². The van der Waals surface area contributed by atoms with E-state index in [1.807, 2.05) is 0 Å². The molecular formula is C9H16ClNO2. The predicted molar refractivity (Wildman–Crippen MR) is 51.8 cm³/mol. The Balaban J connectivity index is 0.000000845. The summed E-state index contributed by atoms with van der Waals surface area (Å²) < 4.78 is 4.65. The van der Waals surface area contributed by atoms with E-state index in [0.717, 1.165) is 24.9 Å². The van der Waals surface area contributed by atoms with Crippen molar-refractivity contribution in [1.82, 2.24) is 5.32 Å². The predicted octanol–water partition coefficient (Wildman–Crippen LogP) is 0.827. The van der Waals surface area contributed by atoms with Crippen molar-refractivity contribution < 1.29 is 9.53 Å². The summed E-state index contributed by atoms with van der Waals surface area (Å²) in [4.78, 5) is 11.0. The molecule has 1 heterocycles. The summed E-state index contributed by atoms with van der Waals surface area (Å²) in [5.41, 5.74) is 0. The number of esters is 1. The molecule has 1 N–H and O–H groups in total. The summed E-state index contributed by atoms with van der Waals surface area (Å²) >= 11 is 0. The van der Waals surface area contributed by atoms with Gasteiger partial charge in [0.2, 0.25) is 0 Å². The summed E-state index contributed by atoms with van der Waals surface area (Å²) in [5.74, 6) is 2.14. The van der Waals surface area contributed by atoms with Gasteiger partial charge in [-0.3, -0.25) is 4.79 Å². The molecule has 0 spiro atoms. The second-order valence-electron chi connectivity index (χ2n) is 3.86. The third kappa shape index (κ3) is 1.97. The van der Waals surface area contributed by atoms with E-state index in [2.05, 4.69) is 10.1 Å². The zero-order chi connectivity index (χ0) is 8.55. The first kappa shape index (κ1) is 10.8. The second-order valence-corrected chi connectivity index (χ2v) is 3.86. The molecule has 2 fully saturated rings. The van der Waals surface area contributed by atoms with Crippen LogP contribution in [0.4, 0.5) is 0 Å². The van der Waals surface area contributed by atoms with Crippen molar-refractivity contribution in [2.75, 3.05) is 20.2 Å². The number of ether oxygens (including phenoxy) is 1. The molecule has 1 aliphatic carbocycles. The summed E-state index contributed by atoms with van der Waals surface area (Å²) in [6.07, 6.45) is 1.84. The lowest BCUT2D eigenvalue weighted by Gasteiger charge is -2.38. The fourth-order valence-corrected chi connectivity index (χ4v) is 2.46. The van der Waals surface area contributed by atoms with Crippen LogP contribution in [-0.4, -0.2) is 26.2 Å². The van der Waals surface area contributed by atoms with Crippen LogP contribution in [0.5, 0.6) is 0 Å². The molecule has 0 amide bonds. The van der Waals surface area contributed by atoms with Crippen LogP contribution >= 0.6 is 12.4 Å². The Morgan fingerprint density at radius 2 is 2.31 bits per heavy atom. The number of methoxy groups -OCH3 is 1. The van der Waals surface area contributed by atoms with E-state index in [0.29, 0.717) is 12.3 Å². The van der Waals surface area contributed by atoms with E-state index < -0.39 is 0 Å². The molecule has 0 aromatic carbocycles. The van der Waals surface area contributed by atoms with Gasteiger partial charge >= 0.3 is 5.97 Å². The highest BCUT2D eigenvalue weighted by Crippen LogP contribution is 2.44. The zero-order valence-electron chi connectivity index (χ0n) is 7.79. The van der Waals surface area contributed by atoms with Gasteiger partial charge in [-0.1, -0.05) is 0 Å². The first-order valence-electron chi connectivity index (χ1n) is 4.59. The van der Waals surface area contributed by atoms with Crippen molar-refractivity contribution in [2.45, 2.75) is 12.8 Å². The lowest BCUT2D eigenvalue weighted by atomic mass is 9.65. The van der Waals surface area contributed by atoms with Crippen LogP contribution in [0, 0.1) is 17.8 Å². The molecule has 4 heteroatoms. The Morgan fingerprint density at radius 3 is 2.92 bits per heavy atom. The van der Waals surface area contributed by atoms with Gasteiger partial charge in [-0.05, 0) is 37.3 Å². The molecule has 1 aliphatic heterocycles. The van der Waals surface area contributed by atoms with Crippen LogP contribution < -0.4 is 5.32 Å². The number of hydrogen-bond donors (Lipinski definition) is 1. The molecule has 1 saturated heterocycles. The molecule has 0 radical (unpaired) electrons. The quantitative estimate of drug-likeness (QED) is 0.679. The van der Waals surface area contributed by atoms with Crippen LogP contribution in [0.3, 0.4) is 0 Å². The van der Waals surface area contributed by atoms with Gasteiger partial charge in [-0.2, -0.15) is 0 Å². The summed E-state index contributed by atoms with van der Waals surface area (Å²) in [7, 11) is 1.46. The second kappa shape index (κ2) is 4.29. The Bertz CT molecular complexity index is 198. The first-order valence-corrected chi connectivity index (χ1v) is 4.59. The van der Waals surface area contributed by atoms with Crippen LogP contribution in [-0.2, 0) is 9.53 Å². The van der Waals surface area contributed by atoms with E-state index in [1.165, 1.54) is 13.5 Å². The SMILES string of the molecule is COC(=O)CC1CC2CNCC21.Cl. The maximum Gasteiger partial charge on any atom is 0.305 e. The number of carbonyl (C=O) groups is 1. The topological polar surface area (TPSA) is 38.3 Å². The Kier molecular flexibility index (Phi) is 3.56. The monoisotopic (exact) mass is 205 g/mol. The fourth-order valence-electron chi connectivity index (χ4n) is 2.46. The minimum absolute atomic E-state index is 0. The molecule has 0 bridgehead atoms. The van der Waals surface area contributed by atoms with Crippen molar-refractivity contribution in [3.63, 3.8) is 0 Å². The largest absolute Gasteiger partial charge is 0.469 e. The maximum absolute atomic E-state index is 11.0. The maximum atomic E-state index is 11.0. The molecule has 0 aromatic rings. The van der Waals surface area contributed by atoms with Crippen LogP contribution in [0.25, 0.3) is 0 Å². The third-order valence-corrected chi connectivity index (χ3v) is 3.26. The van der Waals surface area contributed by atoms with Crippen molar-refractivity contribution in [3.8, 4) is 0 Å². The fraction of sp³-hybridized carbons (Fsp3) is 0.889. The molecule has 1 saturated carbocycles. The molecule has 0 aromatic heterocycles. The molecule has 2 aliphatic rings. The highest BCUT2D eigenvalue weighted by Gasteiger charge is 2.44. The number of carbonyl (C=O) groups excluding carboxylic acids is 1. The minimum Gasteiger partial charge on any atom is -0.469 e. The molecule has 3 atom stereocenters. The molecule has 2 rings (SSSR count). The third-order valence-electron chi connectivity index (χ3n) is 3.26. The van der Waals surface area contributed by atoms with Crippen molar-refractivity contribution in [1.29, 1.82) is 0 Å². The standard InChI is InChI=1S/C9H15NO2.ClH/c1-12-9(11)3-6-2-7-4-10-5-8(6)7;/h6-8,10H,2-5H2,1H3;1H. The Labute approximate surface area is 84.6 Å². The molecule has 76 valence electrons. The number of halogens is 1. The van der Waals surface area contributed by atoms with Gasteiger partial charge in [0.15, 0.2) is 0 Å². The molecular weight excluding hydrogens is 190 g/mol. The average Bonchev–Trinajstić information content (AvgIpc) is 2.42. The highest BCUT2D eigenvalue weighted by molar-refractivity contribution is 5.85. The van der Waals surface area contributed by atoms with E-state index in [4.69, 9.17) is 0 Å². The average molecular weight is 206 g/mol. The van der Waals surface area contributed by atoms with Crippen LogP contribution in [0.15, 0.2) is 0 Å². The van der Waals surface area contributed by atoms with Gasteiger partial charge in [-0.15, -0.1) is 12.4 Å². The summed E-state index contributed by atoms with van der Waals surface area (Å²) in [6, 6.07) is 0. The van der Waals surface area contributed by atoms with Crippen LogP contribution in [0.2, 0.25) is 0 Å². The van der Waals surface area contributed by atoms with Crippen molar-refractivity contribution >= 4 is 18.4 Å². The zero-order valence-corrected chi connectivity index (χ0v) is 8.60. The number of hydrogen-bond acceptors (Lipinski definition) is 3. The summed E-state index contributed by atoms with van der Waals surface area (Å²) in [5, 5.41) is 3.35. The molecule has 3 unspecified atom stereocenters. The van der Waals surface area contributed by atoms with Gasteiger partial charge in [0.25, 0.3) is 0 Å². The van der Waals surface area contributed by atoms with Gasteiger partial charge in [-0.25, -0.2) is 0 Å². The minimum atomic E-state index is -0.0506. The number of rotatable bonds is 2. The first-order chi connectivity index (χ1) is 5.81. The molecule has 13 heavy (non-hydrogen) atoms. The number of fused-ring (bicyclic) bond motifs is 1. The summed E-state index contributed by atoms with van der Waals surface area (Å²) in [6.45, 7) is 2.26. The van der Waals surface area contributed by atoms with Gasteiger partial charge in [0, 0.05) is 6.42 Å².